The normalized spacial score (nSPS) is 15.4. The first-order chi connectivity index (χ1) is 13.6. The van der Waals surface area contributed by atoms with E-state index < -0.39 is 5.82 Å². The van der Waals surface area contributed by atoms with Gasteiger partial charge in [-0.25, -0.2) is 9.18 Å². The molecule has 0 atom stereocenters. The van der Waals surface area contributed by atoms with Crippen molar-refractivity contribution in [2.75, 3.05) is 11.9 Å². The number of benzene rings is 1. The maximum Gasteiger partial charge on any atom is 0.322 e. The van der Waals surface area contributed by atoms with E-state index in [1.807, 2.05) is 10.9 Å². The van der Waals surface area contributed by atoms with Gasteiger partial charge < -0.3 is 10.2 Å². The molecule has 0 saturated heterocycles. The van der Waals surface area contributed by atoms with E-state index in [1.54, 1.807) is 4.90 Å². The van der Waals surface area contributed by atoms with Gasteiger partial charge in [-0.05, 0) is 36.6 Å². The van der Waals surface area contributed by atoms with Crippen LogP contribution >= 0.6 is 11.6 Å². The van der Waals surface area contributed by atoms with Gasteiger partial charge in [0.1, 0.15) is 11.5 Å². The Morgan fingerprint density at radius 3 is 3.04 bits per heavy atom. The van der Waals surface area contributed by atoms with Gasteiger partial charge in [-0.1, -0.05) is 11.6 Å². The van der Waals surface area contributed by atoms with E-state index in [4.69, 9.17) is 16.7 Å². The number of carbonyl (C=O) groups excluding carboxylic acids is 1. The van der Waals surface area contributed by atoms with Crippen molar-refractivity contribution in [1.82, 2.24) is 24.9 Å². The minimum Gasteiger partial charge on any atom is -0.320 e. The van der Waals surface area contributed by atoms with Crippen molar-refractivity contribution in [3.63, 3.8) is 0 Å². The topological polar surface area (TPSA) is 78.8 Å². The summed E-state index contributed by atoms with van der Waals surface area (Å²) in [7, 11) is 0. The van der Waals surface area contributed by atoms with E-state index >= 15 is 0 Å². The van der Waals surface area contributed by atoms with Crippen LogP contribution in [0.15, 0.2) is 24.4 Å². The average Bonchev–Trinajstić information content (AvgIpc) is 3.24. The molecule has 9 heteroatoms. The number of nitrogens with zero attached hydrogens (tertiary/aromatic N) is 4. The lowest BCUT2D eigenvalue weighted by atomic mass is 10.0. The molecule has 4 heterocycles. The first kappa shape index (κ1) is 17.2. The van der Waals surface area contributed by atoms with Crippen molar-refractivity contribution in [3.8, 4) is 11.4 Å². The molecule has 1 aromatic carbocycles. The molecule has 5 rings (SSSR count). The summed E-state index contributed by atoms with van der Waals surface area (Å²) in [6, 6.07) is 3.90. The molecule has 0 spiro atoms. The molecule has 0 aliphatic carbocycles. The number of aromatic amines is 1. The van der Waals surface area contributed by atoms with Gasteiger partial charge in [-0.15, -0.1) is 0 Å². The predicted molar refractivity (Wildman–Crippen MR) is 103 cm³/mol. The Hall–Kier alpha value is -2.87. The number of H-pyrrole nitrogens is 1. The highest BCUT2D eigenvalue weighted by molar-refractivity contribution is 6.31. The Morgan fingerprint density at radius 2 is 2.18 bits per heavy atom. The molecular formula is C19H18ClFN6O. The molecule has 2 amide bonds. The second-order valence-electron chi connectivity index (χ2n) is 7.09. The van der Waals surface area contributed by atoms with Crippen LogP contribution < -0.4 is 5.32 Å². The monoisotopic (exact) mass is 400 g/mol. The lowest BCUT2D eigenvalue weighted by Crippen LogP contribution is -2.38. The van der Waals surface area contributed by atoms with Gasteiger partial charge in [-0.3, -0.25) is 9.78 Å². The van der Waals surface area contributed by atoms with Crippen molar-refractivity contribution in [3.05, 3.63) is 52.1 Å². The minimum absolute atomic E-state index is 0.0215. The fourth-order valence-corrected chi connectivity index (χ4v) is 4.11. The van der Waals surface area contributed by atoms with E-state index in [2.05, 4.69) is 15.5 Å². The van der Waals surface area contributed by atoms with Gasteiger partial charge in [-0.2, -0.15) is 10.2 Å². The van der Waals surface area contributed by atoms with Crippen LogP contribution in [0.5, 0.6) is 0 Å². The van der Waals surface area contributed by atoms with Crippen LogP contribution in [-0.4, -0.2) is 37.5 Å². The van der Waals surface area contributed by atoms with E-state index in [1.165, 1.54) is 23.8 Å². The van der Waals surface area contributed by atoms with Crippen LogP contribution in [0, 0.1) is 5.82 Å². The highest BCUT2D eigenvalue weighted by atomic mass is 35.5. The number of carbonyl (C=O) groups is 1. The lowest BCUT2D eigenvalue weighted by molar-refractivity contribution is 0.206. The minimum atomic E-state index is -0.514. The summed E-state index contributed by atoms with van der Waals surface area (Å²) in [5.74, 6) is -0.514. The number of amides is 2. The summed E-state index contributed by atoms with van der Waals surface area (Å²) < 4.78 is 15.4. The Bertz CT molecular complexity index is 1070. The third-order valence-corrected chi connectivity index (χ3v) is 5.61. The molecule has 0 bridgehead atoms. The summed E-state index contributed by atoms with van der Waals surface area (Å²) in [6.45, 7) is 1.87. The van der Waals surface area contributed by atoms with Crippen LogP contribution in [0.4, 0.5) is 14.9 Å². The number of aryl methyl sites for hydroxylation is 2. The predicted octanol–water partition coefficient (Wildman–Crippen LogP) is 3.60. The molecule has 144 valence electrons. The third kappa shape index (κ3) is 2.84. The molecule has 28 heavy (non-hydrogen) atoms. The highest BCUT2D eigenvalue weighted by Gasteiger charge is 2.30. The number of halogens is 2. The van der Waals surface area contributed by atoms with Crippen molar-refractivity contribution in [2.45, 2.75) is 32.4 Å². The number of urea groups is 1. The number of hydrogen-bond donors (Lipinski definition) is 2. The molecule has 2 aromatic heterocycles. The molecule has 3 aromatic rings. The van der Waals surface area contributed by atoms with E-state index in [0.717, 1.165) is 42.0 Å². The Morgan fingerprint density at radius 1 is 1.29 bits per heavy atom. The SMILES string of the molecule is O=C(Nc1ccc(F)c(Cl)c1)N1CCc2nn3c(c2C1)-c1n[nH]cc1CCC3. The third-order valence-electron chi connectivity index (χ3n) is 5.32. The smallest absolute Gasteiger partial charge is 0.320 e. The molecule has 0 fully saturated rings. The van der Waals surface area contributed by atoms with Crippen LogP contribution in [0.3, 0.4) is 0 Å². The van der Waals surface area contributed by atoms with Crippen molar-refractivity contribution >= 4 is 23.3 Å². The molecule has 2 aliphatic rings. The van der Waals surface area contributed by atoms with Gasteiger partial charge in [0.25, 0.3) is 0 Å². The molecule has 2 N–H and O–H groups in total. The number of anilines is 1. The van der Waals surface area contributed by atoms with Gasteiger partial charge >= 0.3 is 6.03 Å². The molecule has 7 nitrogen and oxygen atoms in total. The lowest BCUT2D eigenvalue weighted by Gasteiger charge is -2.27. The summed E-state index contributed by atoms with van der Waals surface area (Å²) in [5, 5.41) is 14.9. The Kier molecular flexibility index (Phi) is 4.08. The highest BCUT2D eigenvalue weighted by Crippen LogP contribution is 2.34. The number of fused-ring (bicyclic) bond motifs is 5. The maximum absolute atomic E-state index is 13.3. The standard InChI is InChI=1S/C19H18ClFN6O/c20-14-8-12(3-4-15(14)21)23-19(28)26-7-5-16-13(10-26)18-17-11(9-22-24-17)2-1-6-27(18)25-16/h3-4,8-9H,1-2,5-7,10H2,(H,22,24)(H,23,28). The molecule has 0 radical (unpaired) electrons. The number of nitrogens with one attached hydrogen (secondary N) is 2. The first-order valence-corrected chi connectivity index (χ1v) is 9.60. The summed E-state index contributed by atoms with van der Waals surface area (Å²) in [6.07, 6.45) is 4.60. The maximum atomic E-state index is 13.3. The van der Waals surface area contributed by atoms with E-state index in [9.17, 15) is 9.18 Å². The second kappa shape index (κ2) is 6.63. The van der Waals surface area contributed by atoms with Crippen LogP contribution in [-0.2, 0) is 25.9 Å². The van der Waals surface area contributed by atoms with Crippen LogP contribution in [0.1, 0.15) is 23.2 Å². The summed E-state index contributed by atoms with van der Waals surface area (Å²) in [4.78, 5) is 14.5. The van der Waals surface area contributed by atoms with Crippen molar-refractivity contribution in [1.29, 1.82) is 0 Å². The number of aromatic nitrogens is 4. The first-order valence-electron chi connectivity index (χ1n) is 9.22. The summed E-state index contributed by atoms with van der Waals surface area (Å²) >= 11 is 5.81. The molecule has 0 unspecified atom stereocenters. The fourth-order valence-electron chi connectivity index (χ4n) is 3.93. The average molecular weight is 401 g/mol. The largest absolute Gasteiger partial charge is 0.322 e. The van der Waals surface area contributed by atoms with Gasteiger partial charge in [0, 0.05) is 37.0 Å². The van der Waals surface area contributed by atoms with Crippen molar-refractivity contribution < 1.29 is 9.18 Å². The van der Waals surface area contributed by atoms with Gasteiger partial charge in [0.15, 0.2) is 0 Å². The number of hydrogen-bond acceptors (Lipinski definition) is 3. The van der Waals surface area contributed by atoms with Gasteiger partial charge in [0.2, 0.25) is 0 Å². The van der Waals surface area contributed by atoms with Crippen LogP contribution in [0.2, 0.25) is 5.02 Å². The van der Waals surface area contributed by atoms with E-state index in [-0.39, 0.29) is 11.1 Å². The number of rotatable bonds is 1. The Labute approximate surface area is 165 Å². The summed E-state index contributed by atoms with van der Waals surface area (Å²) in [5.41, 5.74) is 5.66. The fraction of sp³-hybridized carbons (Fsp3) is 0.316. The molecule has 0 saturated carbocycles. The van der Waals surface area contributed by atoms with Crippen molar-refractivity contribution in [2.24, 2.45) is 0 Å². The molecular weight excluding hydrogens is 383 g/mol. The second-order valence-corrected chi connectivity index (χ2v) is 7.50. The molecule has 2 aliphatic heterocycles. The van der Waals surface area contributed by atoms with Gasteiger partial charge in [0.05, 0.1) is 23.0 Å². The van der Waals surface area contributed by atoms with E-state index in [0.29, 0.717) is 25.2 Å². The quantitative estimate of drug-likeness (QED) is 0.655. The zero-order chi connectivity index (χ0) is 19.3. The zero-order valence-corrected chi connectivity index (χ0v) is 15.8. The Balaban J connectivity index is 1.42. The zero-order valence-electron chi connectivity index (χ0n) is 15.0. The van der Waals surface area contributed by atoms with Crippen LogP contribution in [0.25, 0.3) is 11.4 Å².